The molecule has 0 saturated heterocycles. The number of rotatable bonds is 2. The van der Waals surface area contributed by atoms with Crippen LogP contribution in [0.1, 0.15) is 16.3 Å². The lowest BCUT2D eigenvalue weighted by atomic mass is 10.1. The standard InChI is InChI=1S/C15H14ClN3OS/c1-8-7-21-15(18-8)13-12(20)6-19(14(13)17)11-5-3-4-10(16)9(11)2/h3-5,7,17,20H,6H2,1-2H3. The molecule has 108 valence electrons. The van der Waals surface area contributed by atoms with E-state index in [1.54, 1.807) is 4.90 Å². The van der Waals surface area contributed by atoms with E-state index in [0.717, 1.165) is 16.9 Å². The van der Waals surface area contributed by atoms with Gasteiger partial charge in [-0.25, -0.2) is 4.98 Å². The summed E-state index contributed by atoms with van der Waals surface area (Å²) >= 11 is 7.59. The predicted octanol–water partition coefficient (Wildman–Crippen LogP) is 4.18. The van der Waals surface area contributed by atoms with Gasteiger partial charge in [-0.2, -0.15) is 0 Å². The summed E-state index contributed by atoms with van der Waals surface area (Å²) in [5, 5.41) is 21.9. The highest BCUT2D eigenvalue weighted by Crippen LogP contribution is 2.35. The van der Waals surface area contributed by atoms with Crippen LogP contribution in [0.15, 0.2) is 29.3 Å². The quantitative estimate of drug-likeness (QED) is 0.873. The Morgan fingerprint density at radius 2 is 2.14 bits per heavy atom. The highest BCUT2D eigenvalue weighted by Gasteiger charge is 2.31. The second-order valence-corrected chi connectivity index (χ2v) is 6.20. The lowest BCUT2D eigenvalue weighted by molar-refractivity contribution is 0.411. The number of amidine groups is 1. The van der Waals surface area contributed by atoms with Gasteiger partial charge in [0.1, 0.15) is 16.6 Å². The number of aliphatic hydroxyl groups is 1. The molecule has 4 nitrogen and oxygen atoms in total. The van der Waals surface area contributed by atoms with Gasteiger partial charge < -0.3 is 10.0 Å². The van der Waals surface area contributed by atoms with Crippen LogP contribution in [0.5, 0.6) is 0 Å². The van der Waals surface area contributed by atoms with Gasteiger partial charge >= 0.3 is 0 Å². The molecule has 21 heavy (non-hydrogen) atoms. The van der Waals surface area contributed by atoms with Crippen LogP contribution in [0.25, 0.3) is 5.57 Å². The normalized spacial score (nSPS) is 15.2. The number of nitrogens with zero attached hydrogens (tertiary/aromatic N) is 2. The maximum absolute atomic E-state index is 10.2. The second kappa shape index (κ2) is 5.16. The van der Waals surface area contributed by atoms with Crippen molar-refractivity contribution in [2.45, 2.75) is 13.8 Å². The largest absolute Gasteiger partial charge is 0.510 e. The molecule has 0 saturated carbocycles. The monoisotopic (exact) mass is 319 g/mol. The SMILES string of the molecule is Cc1csc(C2=C(O)CN(c3cccc(Cl)c3C)C2=N)n1. The molecule has 1 aliphatic heterocycles. The second-order valence-electron chi connectivity index (χ2n) is 4.93. The molecule has 0 atom stereocenters. The summed E-state index contributed by atoms with van der Waals surface area (Å²) in [4.78, 5) is 6.12. The van der Waals surface area contributed by atoms with Gasteiger partial charge in [-0.3, -0.25) is 5.41 Å². The van der Waals surface area contributed by atoms with Crippen LogP contribution in [-0.2, 0) is 0 Å². The van der Waals surface area contributed by atoms with Gasteiger partial charge in [0.2, 0.25) is 0 Å². The molecule has 1 aliphatic rings. The van der Waals surface area contributed by atoms with Crippen molar-refractivity contribution in [3.63, 3.8) is 0 Å². The molecule has 0 unspecified atom stereocenters. The van der Waals surface area contributed by atoms with E-state index in [0.29, 0.717) is 15.6 Å². The summed E-state index contributed by atoms with van der Waals surface area (Å²) in [6.07, 6.45) is 0. The lowest BCUT2D eigenvalue weighted by Gasteiger charge is -2.21. The summed E-state index contributed by atoms with van der Waals surface area (Å²) in [5.41, 5.74) is 3.13. The van der Waals surface area contributed by atoms with Crippen LogP contribution in [0.3, 0.4) is 0 Å². The van der Waals surface area contributed by atoms with Crippen molar-refractivity contribution >= 4 is 40.0 Å². The summed E-state index contributed by atoms with van der Waals surface area (Å²) in [6, 6.07) is 5.57. The number of benzene rings is 1. The molecule has 2 aromatic rings. The van der Waals surface area contributed by atoms with Crippen molar-refractivity contribution in [2.24, 2.45) is 0 Å². The van der Waals surface area contributed by atoms with E-state index in [4.69, 9.17) is 17.0 Å². The first kappa shape index (κ1) is 14.1. The molecule has 2 N–H and O–H groups in total. The Hall–Kier alpha value is -1.85. The van der Waals surface area contributed by atoms with Gasteiger partial charge in [-0.05, 0) is 31.5 Å². The van der Waals surface area contributed by atoms with Gasteiger partial charge in [0.25, 0.3) is 0 Å². The van der Waals surface area contributed by atoms with Crippen LogP contribution in [0.2, 0.25) is 5.02 Å². The van der Waals surface area contributed by atoms with Crippen LogP contribution < -0.4 is 4.90 Å². The van der Waals surface area contributed by atoms with Gasteiger partial charge in [0.15, 0.2) is 0 Å². The third kappa shape index (κ3) is 2.32. The van der Waals surface area contributed by atoms with Crippen molar-refractivity contribution in [3.8, 4) is 0 Å². The van der Waals surface area contributed by atoms with Gasteiger partial charge in [-0.1, -0.05) is 17.7 Å². The highest BCUT2D eigenvalue weighted by atomic mass is 35.5. The fraction of sp³-hybridized carbons (Fsp3) is 0.200. The third-order valence-electron chi connectivity index (χ3n) is 3.47. The Labute approximate surface area is 131 Å². The third-order valence-corrected chi connectivity index (χ3v) is 4.85. The highest BCUT2D eigenvalue weighted by molar-refractivity contribution is 7.11. The first-order valence-corrected chi connectivity index (χ1v) is 7.71. The number of hydrogen-bond donors (Lipinski definition) is 2. The number of thiazole rings is 1. The van der Waals surface area contributed by atoms with E-state index in [9.17, 15) is 5.11 Å². The Morgan fingerprint density at radius 1 is 1.38 bits per heavy atom. The first-order valence-electron chi connectivity index (χ1n) is 6.45. The minimum absolute atomic E-state index is 0.175. The molecule has 0 bridgehead atoms. The number of aromatic nitrogens is 1. The summed E-state index contributed by atoms with van der Waals surface area (Å²) < 4.78 is 0. The zero-order chi connectivity index (χ0) is 15.1. The van der Waals surface area contributed by atoms with E-state index >= 15 is 0 Å². The zero-order valence-corrected chi connectivity index (χ0v) is 13.2. The van der Waals surface area contributed by atoms with Crippen molar-refractivity contribution in [1.82, 2.24) is 4.98 Å². The Morgan fingerprint density at radius 3 is 2.81 bits per heavy atom. The van der Waals surface area contributed by atoms with Crippen molar-refractivity contribution in [2.75, 3.05) is 11.4 Å². The molecule has 0 amide bonds. The maximum atomic E-state index is 10.2. The van der Waals surface area contributed by atoms with Gasteiger partial charge in [-0.15, -0.1) is 11.3 Å². The number of halogens is 1. The molecule has 0 fully saturated rings. The Kier molecular flexibility index (Phi) is 3.47. The predicted molar refractivity (Wildman–Crippen MR) is 87.7 cm³/mol. The molecular weight excluding hydrogens is 306 g/mol. The van der Waals surface area contributed by atoms with Crippen molar-refractivity contribution in [3.05, 3.63) is 50.6 Å². The molecular formula is C15H14ClN3OS. The fourth-order valence-corrected chi connectivity index (χ4v) is 3.40. The summed E-state index contributed by atoms with van der Waals surface area (Å²) in [7, 11) is 0. The number of anilines is 1. The van der Waals surface area contributed by atoms with E-state index in [-0.39, 0.29) is 18.1 Å². The molecule has 3 rings (SSSR count). The van der Waals surface area contributed by atoms with Gasteiger partial charge in [0.05, 0.1) is 12.1 Å². The van der Waals surface area contributed by atoms with E-state index in [1.165, 1.54) is 11.3 Å². The molecule has 1 aromatic heterocycles. The molecule has 0 aliphatic carbocycles. The topological polar surface area (TPSA) is 60.2 Å². The zero-order valence-electron chi connectivity index (χ0n) is 11.6. The molecule has 6 heteroatoms. The number of aliphatic hydroxyl groups excluding tert-OH is 1. The van der Waals surface area contributed by atoms with Crippen molar-refractivity contribution in [1.29, 1.82) is 5.41 Å². The number of nitrogens with one attached hydrogen (secondary N) is 1. The smallest absolute Gasteiger partial charge is 0.139 e. The van der Waals surface area contributed by atoms with Crippen LogP contribution in [-0.4, -0.2) is 22.5 Å². The fourth-order valence-electron chi connectivity index (χ4n) is 2.37. The Bertz CT molecular complexity index is 766. The van der Waals surface area contributed by atoms with Gasteiger partial charge in [0, 0.05) is 21.8 Å². The van der Waals surface area contributed by atoms with Crippen LogP contribution in [0.4, 0.5) is 5.69 Å². The summed E-state index contributed by atoms with van der Waals surface area (Å²) in [6.45, 7) is 4.08. The minimum Gasteiger partial charge on any atom is -0.510 e. The van der Waals surface area contributed by atoms with Crippen molar-refractivity contribution < 1.29 is 5.11 Å². The van der Waals surface area contributed by atoms with Crippen LogP contribution >= 0.6 is 22.9 Å². The maximum Gasteiger partial charge on any atom is 0.139 e. The summed E-state index contributed by atoms with van der Waals surface area (Å²) in [5.74, 6) is 0.431. The molecule has 2 heterocycles. The average molecular weight is 320 g/mol. The van der Waals surface area contributed by atoms with Crippen LogP contribution in [0, 0.1) is 19.3 Å². The number of aryl methyl sites for hydroxylation is 1. The number of hydrogen-bond acceptors (Lipinski definition) is 4. The van der Waals surface area contributed by atoms with E-state index < -0.39 is 0 Å². The van der Waals surface area contributed by atoms with E-state index in [1.807, 2.05) is 37.4 Å². The average Bonchev–Trinajstić information content (AvgIpc) is 2.97. The molecule has 0 radical (unpaired) electrons. The molecule has 0 spiro atoms. The molecule has 1 aromatic carbocycles. The lowest BCUT2D eigenvalue weighted by Crippen LogP contribution is -2.26. The Balaban J connectivity index is 2.00. The minimum atomic E-state index is 0.175. The first-order chi connectivity index (χ1) is 9.99. The van der Waals surface area contributed by atoms with E-state index in [2.05, 4.69) is 4.98 Å².